The molecule has 0 atom stereocenters. The van der Waals surface area contributed by atoms with Crippen LogP contribution < -0.4 is 10.2 Å². The van der Waals surface area contributed by atoms with E-state index in [1.165, 1.54) is 0 Å². The number of urea groups is 1. The minimum atomic E-state index is -0.0790. The molecule has 0 spiro atoms. The second-order valence-electron chi connectivity index (χ2n) is 6.95. The molecule has 0 aliphatic carbocycles. The molecule has 4 rings (SSSR count). The molecule has 2 amide bonds. The number of pyridine rings is 1. The number of aromatic nitrogens is 3. The number of aryl methyl sites for hydroxylation is 2. The molecule has 1 aliphatic heterocycles. The predicted molar refractivity (Wildman–Crippen MR) is 111 cm³/mol. The van der Waals surface area contributed by atoms with Crippen LogP contribution in [0.15, 0.2) is 42.7 Å². The van der Waals surface area contributed by atoms with Gasteiger partial charge in [-0.1, -0.05) is 13.0 Å². The van der Waals surface area contributed by atoms with Crippen molar-refractivity contribution in [3.8, 4) is 0 Å². The van der Waals surface area contributed by atoms with E-state index in [1.807, 2.05) is 48.2 Å². The second kappa shape index (κ2) is 7.80. The zero-order valence-corrected chi connectivity index (χ0v) is 16.2. The van der Waals surface area contributed by atoms with Gasteiger partial charge in [0.1, 0.15) is 12.1 Å². The highest BCUT2D eigenvalue weighted by atomic mass is 16.2. The largest absolute Gasteiger partial charge is 0.353 e. The Balaban J connectivity index is 1.42. The average molecular weight is 376 g/mol. The van der Waals surface area contributed by atoms with Gasteiger partial charge in [-0.05, 0) is 37.6 Å². The normalized spacial score (nSPS) is 14.4. The van der Waals surface area contributed by atoms with Gasteiger partial charge in [0.25, 0.3) is 0 Å². The molecular weight excluding hydrogens is 352 g/mol. The molecule has 1 aliphatic rings. The Labute approximate surface area is 164 Å². The summed E-state index contributed by atoms with van der Waals surface area (Å²) in [5.74, 6) is 0.933. The Morgan fingerprint density at radius 1 is 1.11 bits per heavy atom. The van der Waals surface area contributed by atoms with Crippen LogP contribution in [-0.4, -0.2) is 52.1 Å². The van der Waals surface area contributed by atoms with Crippen LogP contribution in [-0.2, 0) is 6.42 Å². The van der Waals surface area contributed by atoms with Crippen LogP contribution in [0.3, 0.4) is 0 Å². The highest BCUT2D eigenvalue weighted by Crippen LogP contribution is 2.23. The number of amides is 2. The molecule has 7 nitrogen and oxygen atoms in total. The quantitative estimate of drug-likeness (QED) is 0.759. The van der Waals surface area contributed by atoms with Gasteiger partial charge in [-0.2, -0.15) is 0 Å². The van der Waals surface area contributed by atoms with Gasteiger partial charge in [0, 0.05) is 49.0 Å². The highest BCUT2D eigenvalue weighted by Gasteiger charge is 2.22. The average Bonchev–Trinajstić information content (AvgIpc) is 2.74. The molecule has 144 valence electrons. The molecule has 7 heteroatoms. The zero-order chi connectivity index (χ0) is 19.5. The third-order valence-electron chi connectivity index (χ3n) is 5.08. The van der Waals surface area contributed by atoms with Gasteiger partial charge in [-0.3, -0.25) is 4.98 Å². The molecule has 2 aromatic heterocycles. The molecule has 1 aromatic carbocycles. The SMILES string of the molecule is CCc1cc(N2CCN(C(=O)Nc3cccc4nc(C)ccc34)CC2)ncn1. The molecule has 0 saturated carbocycles. The van der Waals surface area contributed by atoms with Gasteiger partial charge in [0.2, 0.25) is 0 Å². The fourth-order valence-corrected chi connectivity index (χ4v) is 3.45. The summed E-state index contributed by atoms with van der Waals surface area (Å²) in [5.41, 5.74) is 3.67. The monoisotopic (exact) mass is 376 g/mol. The number of benzene rings is 1. The predicted octanol–water partition coefficient (Wildman–Crippen LogP) is 3.25. The first-order valence-corrected chi connectivity index (χ1v) is 9.62. The van der Waals surface area contributed by atoms with Crippen LogP contribution in [0.25, 0.3) is 10.9 Å². The van der Waals surface area contributed by atoms with Crippen molar-refractivity contribution in [1.82, 2.24) is 19.9 Å². The molecule has 0 bridgehead atoms. The van der Waals surface area contributed by atoms with Crippen molar-refractivity contribution in [3.63, 3.8) is 0 Å². The number of carbonyl (C=O) groups excluding carboxylic acids is 1. The number of anilines is 2. The lowest BCUT2D eigenvalue weighted by molar-refractivity contribution is 0.208. The third-order valence-corrected chi connectivity index (χ3v) is 5.08. The Morgan fingerprint density at radius 2 is 1.93 bits per heavy atom. The maximum Gasteiger partial charge on any atom is 0.321 e. The van der Waals surface area contributed by atoms with Crippen LogP contribution in [0.4, 0.5) is 16.3 Å². The summed E-state index contributed by atoms with van der Waals surface area (Å²) in [4.78, 5) is 30.0. The lowest BCUT2D eigenvalue weighted by Crippen LogP contribution is -2.50. The molecule has 1 saturated heterocycles. The number of fused-ring (bicyclic) bond motifs is 1. The summed E-state index contributed by atoms with van der Waals surface area (Å²) in [6.07, 6.45) is 2.50. The van der Waals surface area contributed by atoms with Crippen LogP contribution in [0.2, 0.25) is 0 Å². The summed E-state index contributed by atoms with van der Waals surface area (Å²) in [5, 5.41) is 4.00. The van der Waals surface area contributed by atoms with Crippen molar-refractivity contribution in [3.05, 3.63) is 54.1 Å². The molecule has 3 heterocycles. The summed E-state index contributed by atoms with van der Waals surface area (Å²) in [6, 6.07) is 11.7. The smallest absolute Gasteiger partial charge is 0.321 e. The maximum absolute atomic E-state index is 12.8. The van der Waals surface area contributed by atoms with Crippen molar-refractivity contribution in [2.24, 2.45) is 0 Å². The van der Waals surface area contributed by atoms with Gasteiger partial charge in [0.15, 0.2) is 0 Å². The standard InChI is InChI=1S/C21H24N6O/c1-3-16-13-20(23-14-22-16)26-9-11-27(12-10-26)21(28)25-19-6-4-5-18-17(19)8-7-15(2)24-18/h4-8,13-14H,3,9-12H2,1-2H3,(H,25,28). The lowest BCUT2D eigenvalue weighted by atomic mass is 10.1. The van der Waals surface area contributed by atoms with E-state index in [-0.39, 0.29) is 6.03 Å². The summed E-state index contributed by atoms with van der Waals surface area (Å²) in [6.45, 7) is 6.86. The van der Waals surface area contributed by atoms with Crippen molar-refractivity contribution in [2.75, 3.05) is 36.4 Å². The van der Waals surface area contributed by atoms with E-state index in [2.05, 4.69) is 32.1 Å². The number of carbonyl (C=O) groups is 1. The fraction of sp³-hybridized carbons (Fsp3) is 0.333. The third kappa shape index (κ3) is 3.74. The first-order valence-electron chi connectivity index (χ1n) is 9.62. The fourth-order valence-electron chi connectivity index (χ4n) is 3.45. The van der Waals surface area contributed by atoms with Gasteiger partial charge < -0.3 is 15.1 Å². The number of hydrogen-bond donors (Lipinski definition) is 1. The Kier molecular flexibility index (Phi) is 5.06. The molecule has 0 radical (unpaired) electrons. The second-order valence-corrected chi connectivity index (χ2v) is 6.95. The Morgan fingerprint density at radius 3 is 2.71 bits per heavy atom. The molecule has 1 N–H and O–H groups in total. The summed E-state index contributed by atoms with van der Waals surface area (Å²) >= 11 is 0. The number of rotatable bonds is 3. The van der Waals surface area contributed by atoms with Gasteiger partial charge in [-0.25, -0.2) is 14.8 Å². The summed E-state index contributed by atoms with van der Waals surface area (Å²) < 4.78 is 0. The van der Waals surface area contributed by atoms with Crippen LogP contribution in [0.1, 0.15) is 18.3 Å². The van der Waals surface area contributed by atoms with E-state index in [4.69, 9.17) is 0 Å². The first kappa shape index (κ1) is 18.2. The molecular formula is C21H24N6O. The van der Waals surface area contributed by atoms with E-state index < -0.39 is 0 Å². The van der Waals surface area contributed by atoms with Crippen molar-refractivity contribution in [1.29, 1.82) is 0 Å². The Bertz CT molecular complexity index is 997. The van der Waals surface area contributed by atoms with Gasteiger partial charge in [-0.15, -0.1) is 0 Å². The van der Waals surface area contributed by atoms with E-state index in [9.17, 15) is 4.79 Å². The van der Waals surface area contributed by atoms with E-state index in [0.29, 0.717) is 13.1 Å². The van der Waals surface area contributed by atoms with Crippen molar-refractivity contribution >= 4 is 28.4 Å². The maximum atomic E-state index is 12.8. The topological polar surface area (TPSA) is 74.2 Å². The van der Waals surface area contributed by atoms with Crippen LogP contribution >= 0.6 is 0 Å². The Hall–Kier alpha value is -3.22. The number of hydrogen-bond acceptors (Lipinski definition) is 5. The van der Waals surface area contributed by atoms with Crippen molar-refractivity contribution < 1.29 is 4.79 Å². The number of piperazine rings is 1. The molecule has 0 unspecified atom stereocenters. The molecule has 1 fully saturated rings. The molecule has 3 aromatic rings. The number of nitrogens with one attached hydrogen (secondary N) is 1. The van der Waals surface area contributed by atoms with E-state index in [0.717, 1.165) is 53.3 Å². The lowest BCUT2D eigenvalue weighted by Gasteiger charge is -2.35. The highest BCUT2D eigenvalue weighted by molar-refractivity contribution is 6.00. The van der Waals surface area contributed by atoms with Gasteiger partial charge >= 0.3 is 6.03 Å². The minimum Gasteiger partial charge on any atom is -0.353 e. The van der Waals surface area contributed by atoms with Crippen LogP contribution in [0.5, 0.6) is 0 Å². The van der Waals surface area contributed by atoms with Gasteiger partial charge in [0.05, 0.1) is 11.2 Å². The first-order chi connectivity index (χ1) is 13.6. The summed E-state index contributed by atoms with van der Waals surface area (Å²) in [7, 11) is 0. The van der Waals surface area contributed by atoms with Crippen molar-refractivity contribution in [2.45, 2.75) is 20.3 Å². The van der Waals surface area contributed by atoms with E-state index in [1.54, 1.807) is 6.33 Å². The zero-order valence-electron chi connectivity index (χ0n) is 16.2. The number of nitrogens with zero attached hydrogens (tertiary/aromatic N) is 5. The van der Waals surface area contributed by atoms with E-state index >= 15 is 0 Å². The van der Waals surface area contributed by atoms with Crippen LogP contribution in [0, 0.1) is 6.92 Å². The minimum absolute atomic E-state index is 0.0790. The molecule has 28 heavy (non-hydrogen) atoms.